The monoisotopic (exact) mass is 385 g/mol. The molecule has 0 unspecified atom stereocenters. The zero-order chi connectivity index (χ0) is 20.9. The molecule has 6 nitrogen and oxygen atoms in total. The maximum absolute atomic E-state index is 11.7. The van der Waals surface area contributed by atoms with Crippen molar-refractivity contribution < 1.29 is 24.2 Å². The summed E-state index contributed by atoms with van der Waals surface area (Å²) in [6, 6.07) is 11.0. The Kier molecular flexibility index (Phi) is 6.67. The van der Waals surface area contributed by atoms with Crippen molar-refractivity contribution in [2.45, 2.75) is 40.2 Å². The fourth-order valence-electron chi connectivity index (χ4n) is 2.64. The van der Waals surface area contributed by atoms with Crippen molar-refractivity contribution in [1.82, 2.24) is 5.32 Å². The number of amides is 1. The van der Waals surface area contributed by atoms with Gasteiger partial charge in [0, 0.05) is 0 Å². The number of hydrogen-bond acceptors (Lipinski definition) is 4. The van der Waals surface area contributed by atoms with Crippen LogP contribution < -0.4 is 10.1 Å². The van der Waals surface area contributed by atoms with E-state index in [2.05, 4.69) is 5.32 Å². The van der Waals surface area contributed by atoms with Gasteiger partial charge in [0.2, 0.25) is 0 Å². The highest BCUT2D eigenvalue weighted by Gasteiger charge is 2.16. The van der Waals surface area contributed by atoms with Crippen molar-refractivity contribution in [1.29, 1.82) is 0 Å². The molecule has 0 spiro atoms. The van der Waals surface area contributed by atoms with Crippen LogP contribution in [-0.2, 0) is 4.74 Å². The summed E-state index contributed by atoms with van der Waals surface area (Å²) in [5.74, 6) is -0.592. The normalized spacial score (nSPS) is 11.0. The van der Waals surface area contributed by atoms with Crippen LogP contribution in [0.5, 0.6) is 5.75 Å². The van der Waals surface area contributed by atoms with Crippen LogP contribution in [0.2, 0.25) is 0 Å². The van der Waals surface area contributed by atoms with Crippen LogP contribution in [0.15, 0.2) is 36.4 Å². The number of aromatic carboxylic acids is 1. The summed E-state index contributed by atoms with van der Waals surface area (Å²) in [4.78, 5) is 23.2. The first kappa shape index (κ1) is 21.3. The van der Waals surface area contributed by atoms with Crippen LogP contribution in [0.25, 0.3) is 11.1 Å². The van der Waals surface area contributed by atoms with Crippen LogP contribution in [0.1, 0.15) is 42.3 Å². The van der Waals surface area contributed by atoms with Gasteiger partial charge in [0.25, 0.3) is 0 Å². The number of alkyl carbamates (subject to hydrolysis) is 1. The number of ether oxygens (including phenoxy) is 2. The molecule has 0 saturated heterocycles. The zero-order valence-electron chi connectivity index (χ0n) is 17.0. The minimum Gasteiger partial charge on any atom is -0.492 e. The minimum atomic E-state index is -1.02. The lowest BCUT2D eigenvalue weighted by molar-refractivity contribution is 0.0520. The van der Waals surface area contributed by atoms with Gasteiger partial charge in [-0.1, -0.05) is 23.8 Å². The van der Waals surface area contributed by atoms with Gasteiger partial charge in [0.05, 0.1) is 12.1 Å². The van der Waals surface area contributed by atoms with Gasteiger partial charge in [0.1, 0.15) is 18.0 Å². The van der Waals surface area contributed by atoms with E-state index in [1.165, 1.54) is 6.07 Å². The Morgan fingerprint density at radius 2 is 1.79 bits per heavy atom. The van der Waals surface area contributed by atoms with E-state index in [4.69, 9.17) is 9.47 Å². The van der Waals surface area contributed by atoms with Crippen LogP contribution >= 0.6 is 0 Å². The van der Waals surface area contributed by atoms with Gasteiger partial charge < -0.3 is 19.9 Å². The SMILES string of the molecule is Cc1ccc(C)c(-c2cc(OCCNC(=O)OC(C)(C)C)cc(C(=O)O)c2)c1. The minimum absolute atomic E-state index is 0.147. The molecule has 0 saturated carbocycles. The Morgan fingerprint density at radius 3 is 2.43 bits per heavy atom. The number of carboxylic acid groups (broad SMARTS) is 1. The predicted octanol–water partition coefficient (Wildman–Crippen LogP) is 4.57. The molecule has 0 fully saturated rings. The highest BCUT2D eigenvalue weighted by Crippen LogP contribution is 2.29. The standard InChI is InChI=1S/C22H27NO5/c1-14-6-7-15(2)19(10-14)16-11-17(20(24)25)13-18(12-16)27-9-8-23-21(26)28-22(3,4)5/h6-7,10-13H,8-9H2,1-5H3,(H,23,26)(H,24,25). The molecule has 2 rings (SSSR count). The molecular weight excluding hydrogens is 358 g/mol. The average molecular weight is 385 g/mol. The van der Waals surface area contributed by atoms with E-state index in [0.717, 1.165) is 22.3 Å². The molecule has 2 N–H and O–H groups in total. The largest absolute Gasteiger partial charge is 0.492 e. The highest BCUT2D eigenvalue weighted by atomic mass is 16.6. The maximum atomic E-state index is 11.7. The number of carboxylic acids is 1. The van der Waals surface area contributed by atoms with E-state index < -0.39 is 17.7 Å². The molecule has 0 aliphatic heterocycles. The Balaban J connectivity index is 2.12. The lowest BCUT2D eigenvalue weighted by Crippen LogP contribution is -2.34. The highest BCUT2D eigenvalue weighted by molar-refractivity contribution is 5.90. The molecule has 0 bridgehead atoms. The van der Waals surface area contributed by atoms with Crippen LogP contribution in [0.3, 0.4) is 0 Å². The van der Waals surface area contributed by atoms with E-state index >= 15 is 0 Å². The number of carbonyl (C=O) groups excluding carboxylic acids is 1. The van der Waals surface area contributed by atoms with Gasteiger partial charge in [-0.3, -0.25) is 0 Å². The molecular formula is C22H27NO5. The maximum Gasteiger partial charge on any atom is 0.407 e. The molecule has 0 aromatic heterocycles. The second-order valence-electron chi connectivity index (χ2n) is 7.65. The summed E-state index contributed by atoms with van der Waals surface area (Å²) in [5.41, 5.74) is 3.45. The van der Waals surface area contributed by atoms with E-state index in [1.54, 1.807) is 26.8 Å². The molecule has 150 valence electrons. The molecule has 0 atom stereocenters. The van der Waals surface area contributed by atoms with E-state index in [9.17, 15) is 14.7 Å². The van der Waals surface area contributed by atoms with Gasteiger partial charge in [-0.25, -0.2) is 9.59 Å². The number of nitrogens with one attached hydrogen (secondary N) is 1. The van der Waals surface area contributed by atoms with Crippen LogP contribution in [0, 0.1) is 13.8 Å². The van der Waals surface area contributed by atoms with Crippen molar-refractivity contribution in [3.63, 3.8) is 0 Å². The van der Waals surface area contributed by atoms with Crippen LogP contribution in [-0.4, -0.2) is 35.9 Å². The molecule has 2 aromatic carbocycles. The third kappa shape index (κ3) is 6.30. The predicted molar refractivity (Wildman–Crippen MR) is 108 cm³/mol. The van der Waals surface area contributed by atoms with Gasteiger partial charge in [-0.05, 0) is 69.5 Å². The van der Waals surface area contributed by atoms with Crippen molar-refractivity contribution >= 4 is 12.1 Å². The van der Waals surface area contributed by atoms with E-state index in [0.29, 0.717) is 5.75 Å². The third-order valence-corrected chi connectivity index (χ3v) is 3.90. The first-order valence-electron chi connectivity index (χ1n) is 9.11. The molecule has 2 aromatic rings. The topological polar surface area (TPSA) is 84.9 Å². The molecule has 0 radical (unpaired) electrons. The fourth-order valence-corrected chi connectivity index (χ4v) is 2.64. The van der Waals surface area contributed by atoms with Gasteiger partial charge in [-0.2, -0.15) is 0 Å². The number of hydrogen-bond donors (Lipinski definition) is 2. The molecule has 1 amide bonds. The Morgan fingerprint density at radius 1 is 1.07 bits per heavy atom. The molecule has 0 heterocycles. The number of carbonyl (C=O) groups is 2. The van der Waals surface area contributed by atoms with Crippen molar-refractivity contribution in [3.05, 3.63) is 53.1 Å². The lowest BCUT2D eigenvalue weighted by Gasteiger charge is -2.19. The first-order valence-corrected chi connectivity index (χ1v) is 9.11. The van der Waals surface area contributed by atoms with E-state index in [-0.39, 0.29) is 18.7 Å². The fraction of sp³-hybridized carbons (Fsp3) is 0.364. The second kappa shape index (κ2) is 8.78. The first-order chi connectivity index (χ1) is 13.0. The van der Waals surface area contributed by atoms with E-state index in [1.807, 2.05) is 38.1 Å². The summed E-state index contributed by atoms with van der Waals surface area (Å²) in [5, 5.41) is 12.0. The van der Waals surface area contributed by atoms with Gasteiger partial charge >= 0.3 is 12.1 Å². The summed E-state index contributed by atoms with van der Waals surface area (Å²) < 4.78 is 10.8. The zero-order valence-corrected chi connectivity index (χ0v) is 17.0. The van der Waals surface area contributed by atoms with Crippen molar-refractivity contribution in [2.75, 3.05) is 13.2 Å². The van der Waals surface area contributed by atoms with Crippen molar-refractivity contribution in [2.24, 2.45) is 0 Å². The quantitative estimate of drug-likeness (QED) is 0.712. The number of aryl methyl sites for hydroxylation is 2. The molecule has 0 aliphatic carbocycles. The van der Waals surface area contributed by atoms with Crippen LogP contribution in [0.4, 0.5) is 4.79 Å². The Labute approximate surface area is 165 Å². The summed E-state index contributed by atoms with van der Waals surface area (Å²) in [6.07, 6.45) is -0.522. The summed E-state index contributed by atoms with van der Waals surface area (Å²) in [7, 11) is 0. The number of benzene rings is 2. The molecule has 0 aliphatic rings. The van der Waals surface area contributed by atoms with Crippen molar-refractivity contribution in [3.8, 4) is 16.9 Å². The second-order valence-corrected chi connectivity index (χ2v) is 7.65. The Hall–Kier alpha value is -3.02. The summed E-state index contributed by atoms with van der Waals surface area (Å²) in [6.45, 7) is 9.76. The molecule has 6 heteroatoms. The lowest BCUT2D eigenvalue weighted by atomic mass is 9.97. The average Bonchev–Trinajstić information content (AvgIpc) is 2.59. The smallest absolute Gasteiger partial charge is 0.407 e. The van der Waals surface area contributed by atoms with Gasteiger partial charge in [-0.15, -0.1) is 0 Å². The third-order valence-electron chi connectivity index (χ3n) is 3.90. The number of rotatable bonds is 6. The Bertz CT molecular complexity index is 868. The molecule has 28 heavy (non-hydrogen) atoms. The summed E-state index contributed by atoms with van der Waals surface area (Å²) >= 11 is 0. The van der Waals surface area contributed by atoms with Gasteiger partial charge in [0.15, 0.2) is 0 Å².